The maximum absolute atomic E-state index is 8.98. The molecule has 20 heavy (non-hydrogen) atoms. The molecule has 0 radical (unpaired) electrons. The lowest BCUT2D eigenvalue weighted by Crippen LogP contribution is -2.03. The molecule has 0 aliphatic carbocycles. The van der Waals surface area contributed by atoms with Crippen molar-refractivity contribution in [1.29, 1.82) is 10.5 Å². The number of anilines is 1. The van der Waals surface area contributed by atoms with Crippen molar-refractivity contribution in [2.45, 2.75) is 0 Å². The molecule has 2 aromatic carbocycles. The molecule has 0 aliphatic heterocycles. The van der Waals surface area contributed by atoms with Gasteiger partial charge in [0.15, 0.2) is 0 Å². The Morgan fingerprint density at radius 2 is 1.70 bits per heavy atom. The van der Waals surface area contributed by atoms with Gasteiger partial charge in [-0.25, -0.2) is 0 Å². The van der Waals surface area contributed by atoms with E-state index in [9.17, 15) is 0 Å². The van der Waals surface area contributed by atoms with Gasteiger partial charge in [0.05, 0.1) is 11.1 Å². The van der Waals surface area contributed by atoms with Crippen molar-refractivity contribution in [1.82, 2.24) is 0 Å². The molecule has 2 aromatic rings. The molecule has 0 saturated carbocycles. The molecule has 3 heteroatoms. The van der Waals surface area contributed by atoms with Gasteiger partial charge in [0.25, 0.3) is 0 Å². The zero-order valence-electron chi connectivity index (χ0n) is 10.9. The Morgan fingerprint density at radius 3 is 2.35 bits per heavy atom. The minimum Gasteiger partial charge on any atom is -0.381 e. The largest absolute Gasteiger partial charge is 0.381 e. The van der Waals surface area contributed by atoms with E-state index in [1.165, 1.54) is 0 Å². The summed E-state index contributed by atoms with van der Waals surface area (Å²) < 4.78 is 0. The minimum absolute atomic E-state index is 0.378. The molecule has 0 bridgehead atoms. The first-order chi connectivity index (χ1) is 9.74. The fourth-order valence-corrected chi connectivity index (χ4v) is 1.83. The third kappa shape index (κ3) is 3.04. The minimum atomic E-state index is 0.378. The van der Waals surface area contributed by atoms with Crippen LogP contribution in [0.2, 0.25) is 0 Å². The highest BCUT2D eigenvalue weighted by molar-refractivity contribution is 5.68. The third-order valence-corrected chi connectivity index (χ3v) is 2.95. The summed E-state index contributed by atoms with van der Waals surface area (Å²) in [6, 6.07) is 19.0. The normalized spacial score (nSPS) is 9.30. The molecule has 0 saturated heterocycles. The smallest absolute Gasteiger partial charge is 0.101 e. The van der Waals surface area contributed by atoms with Gasteiger partial charge in [-0.2, -0.15) is 10.5 Å². The van der Waals surface area contributed by atoms with Crippen LogP contribution in [0, 0.1) is 22.7 Å². The lowest BCUT2D eigenvalue weighted by Gasteiger charge is -2.10. The van der Waals surface area contributed by atoms with E-state index in [4.69, 9.17) is 10.5 Å². The number of hydrogen-bond acceptors (Lipinski definition) is 3. The highest BCUT2D eigenvalue weighted by Gasteiger charge is 2.03. The molecule has 2 rings (SSSR count). The molecule has 0 spiro atoms. The first-order valence-electron chi connectivity index (χ1n) is 6.16. The van der Waals surface area contributed by atoms with Crippen molar-refractivity contribution in [3.05, 3.63) is 71.8 Å². The molecule has 1 N–H and O–H groups in total. The van der Waals surface area contributed by atoms with E-state index in [0.717, 1.165) is 16.8 Å². The van der Waals surface area contributed by atoms with Crippen molar-refractivity contribution < 1.29 is 0 Å². The van der Waals surface area contributed by atoms with E-state index in [0.29, 0.717) is 17.7 Å². The van der Waals surface area contributed by atoms with Crippen LogP contribution in [-0.4, -0.2) is 6.54 Å². The lowest BCUT2D eigenvalue weighted by atomic mass is 10.1. The Labute approximate surface area is 118 Å². The maximum Gasteiger partial charge on any atom is 0.101 e. The first-order valence-corrected chi connectivity index (χ1v) is 6.16. The van der Waals surface area contributed by atoms with E-state index in [1.807, 2.05) is 42.5 Å². The summed E-state index contributed by atoms with van der Waals surface area (Å²) >= 11 is 0. The number of nitrogens with one attached hydrogen (secondary N) is 1. The van der Waals surface area contributed by atoms with Crippen molar-refractivity contribution >= 4 is 11.3 Å². The Hall–Kier alpha value is -3.04. The summed E-state index contributed by atoms with van der Waals surface area (Å²) in [5.41, 5.74) is 3.61. The Balaban J connectivity index is 2.07. The van der Waals surface area contributed by atoms with Gasteiger partial charge in [-0.15, -0.1) is 0 Å². The highest BCUT2D eigenvalue weighted by atomic mass is 14.9. The highest BCUT2D eigenvalue weighted by Crippen LogP contribution is 2.17. The van der Waals surface area contributed by atoms with Gasteiger partial charge < -0.3 is 5.32 Å². The summed E-state index contributed by atoms with van der Waals surface area (Å²) in [5, 5.41) is 21.1. The van der Waals surface area contributed by atoms with Crippen molar-refractivity contribution in [3.8, 4) is 12.1 Å². The van der Waals surface area contributed by atoms with E-state index in [2.05, 4.69) is 11.9 Å². The Bertz CT molecular complexity index is 703. The second-order valence-corrected chi connectivity index (χ2v) is 4.31. The van der Waals surface area contributed by atoms with Crippen LogP contribution in [0.15, 0.2) is 55.1 Å². The predicted octanol–water partition coefficient (Wildman–Crippen LogP) is 3.56. The van der Waals surface area contributed by atoms with E-state index in [1.54, 1.807) is 18.2 Å². The van der Waals surface area contributed by atoms with Crippen LogP contribution >= 0.6 is 0 Å². The molecule has 0 amide bonds. The van der Waals surface area contributed by atoms with Crippen LogP contribution in [0.1, 0.15) is 16.7 Å². The van der Waals surface area contributed by atoms with Gasteiger partial charge in [0, 0.05) is 12.2 Å². The molecule has 96 valence electrons. The van der Waals surface area contributed by atoms with Crippen LogP contribution in [-0.2, 0) is 0 Å². The Kier molecular flexibility index (Phi) is 4.17. The average Bonchev–Trinajstić information content (AvgIpc) is 2.53. The third-order valence-electron chi connectivity index (χ3n) is 2.95. The zero-order valence-corrected chi connectivity index (χ0v) is 10.9. The number of benzene rings is 2. The summed E-state index contributed by atoms with van der Waals surface area (Å²) in [7, 11) is 0. The fourth-order valence-electron chi connectivity index (χ4n) is 1.83. The summed E-state index contributed by atoms with van der Waals surface area (Å²) in [6.45, 7) is 4.62. The second kappa shape index (κ2) is 6.22. The van der Waals surface area contributed by atoms with E-state index >= 15 is 0 Å². The van der Waals surface area contributed by atoms with Gasteiger partial charge in [-0.05, 0) is 29.3 Å². The van der Waals surface area contributed by atoms with Crippen LogP contribution in [0.25, 0.3) is 5.57 Å². The van der Waals surface area contributed by atoms with E-state index < -0.39 is 0 Å². The molecular weight excluding hydrogens is 246 g/mol. The standard InChI is InChI=1S/C17H13N3/c1-13(14-5-3-2-4-6-14)12-20-17-8-7-15(10-18)16(9-17)11-19/h2-9,20H,1,12H2. The average molecular weight is 259 g/mol. The van der Waals surface area contributed by atoms with Crippen molar-refractivity contribution in [3.63, 3.8) is 0 Å². The van der Waals surface area contributed by atoms with Gasteiger partial charge >= 0.3 is 0 Å². The molecule has 0 heterocycles. The lowest BCUT2D eigenvalue weighted by molar-refractivity contribution is 1.33. The topological polar surface area (TPSA) is 59.6 Å². The molecule has 3 nitrogen and oxygen atoms in total. The zero-order chi connectivity index (χ0) is 14.4. The quantitative estimate of drug-likeness (QED) is 0.913. The fraction of sp³-hybridized carbons (Fsp3) is 0.0588. The SMILES string of the molecule is C=C(CNc1ccc(C#N)c(C#N)c1)c1ccccc1. The van der Waals surface area contributed by atoms with Gasteiger partial charge in [-0.1, -0.05) is 36.9 Å². The molecule has 0 fully saturated rings. The van der Waals surface area contributed by atoms with Crippen molar-refractivity contribution in [2.75, 3.05) is 11.9 Å². The molecule has 0 aromatic heterocycles. The summed E-state index contributed by atoms with van der Waals surface area (Å²) in [5.74, 6) is 0. The second-order valence-electron chi connectivity index (χ2n) is 4.31. The van der Waals surface area contributed by atoms with Crippen molar-refractivity contribution in [2.24, 2.45) is 0 Å². The monoisotopic (exact) mass is 259 g/mol. The van der Waals surface area contributed by atoms with Gasteiger partial charge in [0.2, 0.25) is 0 Å². The van der Waals surface area contributed by atoms with Crippen LogP contribution in [0.4, 0.5) is 5.69 Å². The summed E-state index contributed by atoms with van der Waals surface area (Å²) in [4.78, 5) is 0. The molecule has 0 aliphatic rings. The first kappa shape index (κ1) is 13.4. The summed E-state index contributed by atoms with van der Waals surface area (Å²) in [6.07, 6.45) is 0. The Morgan fingerprint density at radius 1 is 1.00 bits per heavy atom. The van der Waals surface area contributed by atoms with Crippen LogP contribution in [0.5, 0.6) is 0 Å². The maximum atomic E-state index is 8.98. The molecule has 0 unspecified atom stereocenters. The number of nitrogens with zero attached hydrogens (tertiary/aromatic N) is 2. The molecular formula is C17H13N3. The number of rotatable bonds is 4. The van der Waals surface area contributed by atoms with Crippen LogP contribution < -0.4 is 5.32 Å². The number of nitriles is 2. The van der Waals surface area contributed by atoms with E-state index in [-0.39, 0.29) is 0 Å². The predicted molar refractivity (Wildman–Crippen MR) is 79.8 cm³/mol. The number of hydrogen-bond donors (Lipinski definition) is 1. The van der Waals surface area contributed by atoms with Gasteiger partial charge in [0.1, 0.15) is 12.1 Å². The van der Waals surface area contributed by atoms with Gasteiger partial charge in [-0.3, -0.25) is 0 Å². The van der Waals surface area contributed by atoms with Crippen LogP contribution in [0.3, 0.4) is 0 Å². The molecule has 0 atom stereocenters.